The van der Waals surface area contributed by atoms with Crippen LogP contribution in [0.15, 0.2) is 72.8 Å². The van der Waals surface area contributed by atoms with Crippen molar-refractivity contribution < 1.29 is 19.1 Å². The second-order valence-electron chi connectivity index (χ2n) is 7.21. The number of benzene rings is 3. The van der Waals surface area contributed by atoms with Gasteiger partial charge in [0.05, 0.1) is 5.88 Å². The Kier molecular flexibility index (Phi) is 6.30. The quantitative estimate of drug-likeness (QED) is 0.318. The van der Waals surface area contributed by atoms with Gasteiger partial charge in [-0.25, -0.2) is 0 Å². The predicted molar refractivity (Wildman–Crippen MR) is 121 cm³/mol. The van der Waals surface area contributed by atoms with E-state index < -0.39 is 11.5 Å². The molecule has 1 heterocycles. The number of Topliss-reactive ketones (excluding diaryl/α,β-unsaturated/α-hetero) is 1. The predicted octanol–water partition coefficient (Wildman–Crippen LogP) is 5.80. The molecule has 0 amide bonds. The topological polar surface area (TPSA) is 52.6 Å². The molecule has 0 radical (unpaired) electrons. The summed E-state index contributed by atoms with van der Waals surface area (Å²) in [5.41, 5.74) is 0.371. The van der Waals surface area contributed by atoms with Crippen molar-refractivity contribution in [2.45, 2.75) is 17.9 Å². The molecule has 6 heteroatoms. The summed E-state index contributed by atoms with van der Waals surface area (Å²) in [6, 6.07) is 21.6. The van der Waals surface area contributed by atoms with E-state index in [9.17, 15) is 9.59 Å². The van der Waals surface area contributed by atoms with E-state index in [0.29, 0.717) is 33.5 Å². The summed E-state index contributed by atoms with van der Waals surface area (Å²) in [4.78, 5) is 25.8. The molecule has 4 nitrogen and oxygen atoms in total. The van der Waals surface area contributed by atoms with Crippen LogP contribution >= 0.6 is 23.2 Å². The fraction of sp³-hybridized carbons (Fsp3) is 0.200. The van der Waals surface area contributed by atoms with Gasteiger partial charge in [0.1, 0.15) is 30.0 Å². The van der Waals surface area contributed by atoms with Gasteiger partial charge in [0, 0.05) is 22.9 Å². The van der Waals surface area contributed by atoms with Gasteiger partial charge in [-0.05, 0) is 29.8 Å². The lowest BCUT2D eigenvalue weighted by Gasteiger charge is -2.35. The molecule has 3 aromatic carbocycles. The molecule has 31 heavy (non-hydrogen) atoms. The molecule has 0 saturated carbocycles. The number of hydrogen-bond acceptors (Lipinski definition) is 4. The van der Waals surface area contributed by atoms with Gasteiger partial charge < -0.3 is 14.3 Å². The number of ketones is 1. The van der Waals surface area contributed by atoms with Crippen LogP contribution in [-0.4, -0.2) is 24.6 Å². The van der Waals surface area contributed by atoms with Crippen molar-refractivity contribution in [3.05, 3.63) is 94.5 Å². The maximum atomic E-state index is 14.1. The second-order valence-corrected chi connectivity index (χ2v) is 8.02. The normalized spacial score (nSPS) is 18.2. The van der Waals surface area contributed by atoms with Gasteiger partial charge in [0.2, 0.25) is 11.4 Å². The minimum absolute atomic E-state index is 0.101. The minimum Gasteiger partial charge on any atom is -0.491 e. The Labute approximate surface area is 190 Å². The lowest BCUT2D eigenvalue weighted by Crippen LogP contribution is -2.43. The average Bonchev–Trinajstić information content (AvgIpc) is 3.10. The van der Waals surface area contributed by atoms with E-state index in [0.717, 1.165) is 11.8 Å². The first-order valence-electron chi connectivity index (χ1n) is 9.92. The highest BCUT2D eigenvalue weighted by Gasteiger charge is 2.56. The number of rotatable bonds is 8. The second kappa shape index (κ2) is 9.13. The maximum Gasteiger partial charge on any atom is 0.219 e. The molecular formula is C25H20Cl2O4. The molecule has 1 aliphatic heterocycles. The number of carbonyl (C=O) groups excluding carboxylic acids is 2. The maximum absolute atomic E-state index is 14.1. The molecule has 0 saturated heterocycles. The Bertz CT molecular complexity index is 1080. The van der Waals surface area contributed by atoms with Crippen molar-refractivity contribution in [1.82, 2.24) is 0 Å². The van der Waals surface area contributed by atoms with E-state index >= 15 is 0 Å². The molecule has 2 atom stereocenters. The van der Waals surface area contributed by atoms with E-state index in [1.165, 1.54) is 0 Å². The van der Waals surface area contributed by atoms with Crippen molar-refractivity contribution in [2.24, 2.45) is 0 Å². The van der Waals surface area contributed by atoms with Crippen LogP contribution in [0.4, 0.5) is 0 Å². The van der Waals surface area contributed by atoms with Crippen molar-refractivity contribution in [2.75, 3.05) is 12.5 Å². The first-order chi connectivity index (χ1) is 15.1. The zero-order valence-electron chi connectivity index (χ0n) is 16.6. The molecule has 0 spiro atoms. The van der Waals surface area contributed by atoms with Crippen LogP contribution in [0.3, 0.4) is 0 Å². The van der Waals surface area contributed by atoms with Crippen LogP contribution in [0.5, 0.6) is 11.5 Å². The van der Waals surface area contributed by atoms with Crippen LogP contribution in [-0.2, 0) is 10.4 Å². The molecule has 1 aliphatic rings. The number of alkyl halides is 1. The summed E-state index contributed by atoms with van der Waals surface area (Å²) >= 11 is 11.9. The van der Waals surface area contributed by atoms with E-state index in [1.807, 2.05) is 30.3 Å². The van der Waals surface area contributed by atoms with Crippen molar-refractivity contribution >= 4 is 35.3 Å². The van der Waals surface area contributed by atoms with Gasteiger partial charge in [0.15, 0.2) is 0 Å². The van der Waals surface area contributed by atoms with Crippen LogP contribution in [0.2, 0.25) is 5.02 Å². The lowest BCUT2D eigenvalue weighted by molar-refractivity contribution is -0.109. The smallest absolute Gasteiger partial charge is 0.219 e. The standard InChI is InChI=1S/C25H20Cl2O4/c26-14-16-30-21-7-4-8-22-23(21)24(29)25(31-22,18-9-11-19(27)12-10-18)20(13-15-28)17-5-2-1-3-6-17/h1-12,15,20H,13-14,16H2/t20?,25-/m1/s1. The molecule has 3 aromatic rings. The summed E-state index contributed by atoms with van der Waals surface area (Å²) in [6.45, 7) is 0.260. The summed E-state index contributed by atoms with van der Waals surface area (Å²) < 4.78 is 12.2. The van der Waals surface area contributed by atoms with E-state index in [4.69, 9.17) is 32.7 Å². The molecular weight excluding hydrogens is 435 g/mol. The van der Waals surface area contributed by atoms with Crippen LogP contribution in [0, 0.1) is 0 Å². The minimum atomic E-state index is -1.43. The summed E-state index contributed by atoms with van der Waals surface area (Å²) in [5.74, 6) is 0.313. The van der Waals surface area contributed by atoms with E-state index in [1.54, 1.807) is 42.5 Å². The van der Waals surface area contributed by atoms with Crippen LogP contribution in [0.1, 0.15) is 33.8 Å². The summed E-state index contributed by atoms with van der Waals surface area (Å²) in [5, 5.41) is 0.541. The van der Waals surface area contributed by atoms with Gasteiger partial charge in [-0.15, -0.1) is 11.6 Å². The Hall–Kier alpha value is -2.82. The zero-order valence-corrected chi connectivity index (χ0v) is 18.1. The van der Waals surface area contributed by atoms with Gasteiger partial charge >= 0.3 is 0 Å². The Morgan fingerprint density at radius 3 is 2.42 bits per heavy atom. The van der Waals surface area contributed by atoms with Gasteiger partial charge in [-0.3, -0.25) is 4.79 Å². The first kappa shape index (κ1) is 21.4. The molecule has 0 fully saturated rings. The highest BCUT2D eigenvalue weighted by Crippen LogP contribution is 2.52. The van der Waals surface area contributed by atoms with Gasteiger partial charge in [0.25, 0.3) is 0 Å². The molecule has 0 aromatic heterocycles. The number of fused-ring (bicyclic) bond motifs is 1. The number of halogens is 2. The fourth-order valence-corrected chi connectivity index (χ4v) is 4.33. The number of hydrogen-bond donors (Lipinski definition) is 0. The van der Waals surface area contributed by atoms with Crippen molar-refractivity contribution in [3.8, 4) is 11.5 Å². The third kappa shape index (κ3) is 3.82. The van der Waals surface area contributed by atoms with Crippen LogP contribution < -0.4 is 9.47 Å². The Morgan fingerprint density at radius 2 is 1.74 bits per heavy atom. The monoisotopic (exact) mass is 454 g/mol. The third-order valence-corrected chi connectivity index (χ3v) is 5.86. The van der Waals surface area contributed by atoms with E-state index in [-0.39, 0.29) is 18.8 Å². The molecule has 0 N–H and O–H groups in total. The molecule has 0 aliphatic carbocycles. The summed E-state index contributed by atoms with van der Waals surface area (Å²) in [6.07, 6.45) is 0.921. The average molecular weight is 455 g/mol. The van der Waals surface area contributed by atoms with Crippen molar-refractivity contribution in [3.63, 3.8) is 0 Å². The summed E-state index contributed by atoms with van der Waals surface area (Å²) in [7, 11) is 0. The van der Waals surface area contributed by atoms with E-state index in [2.05, 4.69) is 0 Å². The molecule has 158 valence electrons. The number of ether oxygens (including phenoxy) is 2. The Morgan fingerprint density at radius 1 is 1.00 bits per heavy atom. The number of carbonyl (C=O) groups is 2. The van der Waals surface area contributed by atoms with Gasteiger partial charge in [-0.2, -0.15) is 0 Å². The van der Waals surface area contributed by atoms with Crippen molar-refractivity contribution in [1.29, 1.82) is 0 Å². The Balaban J connectivity index is 1.93. The van der Waals surface area contributed by atoms with Crippen LogP contribution in [0.25, 0.3) is 0 Å². The lowest BCUT2D eigenvalue weighted by atomic mass is 9.72. The zero-order chi connectivity index (χ0) is 21.8. The molecule has 0 bridgehead atoms. The van der Waals surface area contributed by atoms with Gasteiger partial charge in [-0.1, -0.05) is 60.1 Å². The SMILES string of the molecule is O=CCC(c1ccccc1)[C@@]1(c2ccc(Cl)cc2)Oc2cccc(OCCCl)c2C1=O. The largest absolute Gasteiger partial charge is 0.491 e. The fourth-order valence-electron chi connectivity index (χ4n) is 4.13. The third-order valence-electron chi connectivity index (χ3n) is 5.46. The number of aldehydes is 1. The highest BCUT2D eigenvalue weighted by atomic mass is 35.5. The first-order valence-corrected chi connectivity index (χ1v) is 10.8. The molecule has 4 rings (SSSR count). The molecule has 1 unspecified atom stereocenters. The highest BCUT2D eigenvalue weighted by molar-refractivity contribution is 6.30.